The van der Waals surface area contributed by atoms with Crippen LogP contribution in [0.1, 0.15) is 47.0 Å². The Kier molecular flexibility index (Phi) is 8.83. The molecule has 2 N–H and O–H groups in total. The van der Waals surface area contributed by atoms with Gasteiger partial charge in [-0.2, -0.15) is 0 Å². The highest BCUT2D eigenvalue weighted by Crippen LogP contribution is 2.24. The van der Waals surface area contributed by atoms with Crippen LogP contribution in [0, 0.1) is 5.41 Å². The molecule has 0 aliphatic rings. The Morgan fingerprint density at radius 3 is 2.41 bits per heavy atom. The molecule has 0 aromatic heterocycles. The van der Waals surface area contributed by atoms with E-state index in [9.17, 15) is 0 Å². The van der Waals surface area contributed by atoms with Gasteiger partial charge in [-0.25, -0.2) is 0 Å². The molecule has 0 aromatic rings. The normalized spacial score (nSPS) is 15.5. The molecule has 0 amide bonds. The highest BCUT2D eigenvalue weighted by atomic mass is 16.3. The first kappa shape index (κ1) is 16.9. The SMILES string of the molecule is CCCC(C)(CNC)CN(CCCO)C(C)C. The molecule has 0 saturated heterocycles. The molecule has 0 bridgehead atoms. The van der Waals surface area contributed by atoms with Crippen LogP contribution in [-0.4, -0.2) is 49.3 Å². The fourth-order valence-electron chi connectivity index (χ4n) is 2.54. The second-order valence-corrected chi connectivity index (χ2v) is 5.73. The van der Waals surface area contributed by atoms with Crippen LogP contribution in [0.15, 0.2) is 0 Å². The summed E-state index contributed by atoms with van der Waals surface area (Å²) in [5.41, 5.74) is 0.337. The van der Waals surface area contributed by atoms with Crippen molar-refractivity contribution in [3.05, 3.63) is 0 Å². The zero-order valence-electron chi connectivity index (χ0n) is 12.4. The van der Waals surface area contributed by atoms with Gasteiger partial charge < -0.3 is 15.3 Å². The molecule has 1 unspecified atom stereocenters. The Labute approximate surface area is 108 Å². The largest absolute Gasteiger partial charge is 0.396 e. The van der Waals surface area contributed by atoms with Gasteiger partial charge in [-0.15, -0.1) is 0 Å². The number of nitrogens with zero attached hydrogens (tertiary/aromatic N) is 1. The van der Waals surface area contributed by atoms with Gasteiger partial charge in [0.25, 0.3) is 0 Å². The number of hydrogen-bond acceptors (Lipinski definition) is 3. The maximum absolute atomic E-state index is 8.96. The molecule has 104 valence electrons. The average Bonchev–Trinajstić information content (AvgIpc) is 2.24. The minimum absolute atomic E-state index is 0.291. The van der Waals surface area contributed by atoms with Gasteiger partial charge in [0.2, 0.25) is 0 Å². The van der Waals surface area contributed by atoms with Crippen molar-refractivity contribution in [2.45, 2.75) is 53.0 Å². The molecule has 0 heterocycles. The van der Waals surface area contributed by atoms with E-state index in [1.165, 1.54) is 12.8 Å². The summed E-state index contributed by atoms with van der Waals surface area (Å²) >= 11 is 0. The molecule has 0 aliphatic carbocycles. The van der Waals surface area contributed by atoms with Crippen molar-refractivity contribution in [2.24, 2.45) is 5.41 Å². The van der Waals surface area contributed by atoms with Crippen LogP contribution in [0.4, 0.5) is 0 Å². The third-order valence-corrected chi connectivity index (χ3v) is 3.38. The molecular formula is C14H32N2O. The molecule has 0 saturated carbocycles. The lowest BCUT2D eigenvalue weighted by Gasteiger charge is -2.37. The van der Waals surface area contributed by atoms with Crippen LogP contribution in [0.2, 0.25) is 0 Å². The maximum Gasteiger partial charge on any atom is 0.0443 e. The van der Waals surface area contributed by atoms with Crippen molar-refractivity contribution in [1.29, 1.82) is 0 Å². The predicted molar refractivity (Wildman–Crippen MR) is 75.4 cm³/mol. The molecule has 0 spiro atoms. The van der Waals surface area contributed by atoms with Crippen molar-refractivity contribution in [3.8, 4) is 0 Å². The Hall–Kier alpha value is -0.120. The lowest BCUT2D eigenvalue weighted by molar-refractivity contribution is 0.115. The second-order valence-electron chi connectivity index (χ2n) is 5.73. The molecule has 1 atom stereocenters. The highest BCUT2D eigenvalue weighted by molar-refractivity contribution is 4.81. The number of hydrogen-bond donors (Lipinski definition) is 2. The van der Waals surface area contributed by atoms with E-state index >= 15 is 0 Å². The van der Waals surface area contributed by atoms with Crippen molar-refractivity contribution in [1.82, 2.24) is 10.2 Å². The molecule has 3 heteroatoms. The van der Waals surface area contributed by atoms with E-state index in [2.05, 4.69) is 37.9 Å². The molecule has 17 heavy (non-hydrogen) atoms. The van der Waals surface area contributed by atoms with Gasteiger partial charge in [-0.1, -0.05) is 20.3 Å². The van der Waals surface area contributed by atoms with Crippen molar-refractivity contribution >= 4 is 0 Å². The minimum Gasteiger partial charge on any atom is -0.396 e. The zero-order valence-corrected chi connectivity index (χ0v) is 12.4. The van der Waals surface area contributed by atoms with E-state index in [-0.39, 0.29) is 0 Å². The summed E-state index contributed by atoms with van der Waals surface area (Å²) < 4.78 is 0. The van der Waals surface area contributed by atoms with E-state index in [1.807, 2.05) is 7.05 Å². The van der Waals surface area contributed by atoms with Crippen LogP contribution in [0.3, 0.4) is 0 Å². The molecule has 3 nitrogen and oxygen atoms in total. The van der Waals surface area contributed by atoms with Gasteiger partial charge in [0.1, 0.15) is 0 Å². The van der Waals surface area contributed by atoms with Crippen LogP contribution in [0.25, 0.3) is 0 Å². The number of aliphatic hydroxyl groups is 1. The average molecular weight is 244 g/mol. The summed E-state index contributed by atoms with van der Waals surface area (Å²) in [6.45, 7) is 12.5. The smallest absolute Gasteiger partial charge is 0.0443 e. The van der Waals surface area contributed by atoms with Crippen LogP contribution >= 0.6 is 0 Å². The summed E-state index contributed by atoms with van der Waals surface area (Å²) in [7, 11) is 2.03. The lowest BCUT2D eigenvalue weighted by atomic mass is 9.84. The monoisotopic (exact) mass is 244 g/mol. The van der Waals surface area contributed by atoms with Crippen molar-refractivity contribution in [3.63, 3.8) is 0 Å². The van der Waals surface area contributed by atoms with Gasteiger partial charge in [-0.3, -0.25) is 0 Å². The topological polar surface area (TPSA) is 35.5 Å². The summed E-state index contributed by atoms with van der Waals surface area (Å²) in [6, 6.07) is 0.551. The summed E-state index contributed by atoms with van der Waals surface area (Å²) in [5, 5.41) is 12.3. The second kappa shape index (κ2) is 8.90. The van der Waals surface area contributed by atoms with Crippen LogP contribution in [-0.2, 0) is 0 Å². The number of nitrogens with one attached hydrogen (secondary N) is 1. The highest BCUT2D eigenvalue weighted by Gasteiger charge is 2.26. The predicted octanol–water partition coefficient (Wildman–Crippen LogP) is 2.10. The van der Waals surface area contributed by atoms with Gasteiger partial charge in [-0.05, 0) is 39.2 Å². The Morgan fingerprint density at radius 2 is 2.00 bits per heavy atom. The molecule has 0 aromatic carbocycles. The summed E-state index contributed by atoms with van der Waals surface area (Å²) in [5.74, 6) is 0. The Balaban J connectivity index is 4.43. The quantitative estimate of drug-likeness (QED) is 0.618. The van der Waals surface area contributed by atoms with Crippen LogP contribution in [0.5, 0.6) is 0 Å². The number of aliphatic hydroxyl groups excluding tert-OH is 1. The van der Waals surface area contributed by atoms with E-state index in [1.54, 1.807) is 0 Å². The zero-order chi connectivity index (χ0) is 13.3. The Bertz CT molecular complexity index is 177. The third-order valence-electron chi connectivity index (χ3n) is 3.38. The molecular weight excluding hydrogens is 212 g/mol. The fraction of sp³-hybridized carbons (Fsp3) is 1.00. The molecule has 0 radical (unpaired) electrons. The summed E-state index contributed by atoms with van der Waals surface area (Å²) in [6.07, 6.45) is 3.35. The first-order chi connectivity index (χ1) is 7.99. The van der Waals surface area contributed by atoms with Crippen LogP contribution < -0.4 is 5.32 Å². The third kappa shape index (κ3) is 7.02. The molecule has 0 fully saturated rings. The van der Waals surface area contributed by atoms with Gasteiger partial charge in [0, 0.05) is 32.3 Å². The van der Waals surface area contributed by atoms with Gasteiger partial charge in [0.15, 0.2) is 0 Å². The fourth-order valence-corrected chi connectivity index (χ4v) is 2.54. The first-order valence-corrected chi connectivity index (χ1v) is 6.98. The standard InChI is InChI=1S/C14H32N2O/c1-6-8-14(4,11-15-5)12-16(13(2)3)9-7-10-17/h13,15,17H,6-12H2,1-5H3. The first-order valence-electron chi connectivity index (χ1n) is 6.98. The maximum atomic E-state index is 8.96. The van der Waals surface area contributed by atoms with Crippen molar-refractivity contribution < 1.29 is 5.11 Å². The van der Waals surface area contributed by atoms with E-state index in [0.717, 1.165) is 26.1 Å². The minimum atomic E-state index is 0.291. The van der Waals surface area contributed by atoms with E-state index in [0.29, 0.717) is 18.1 Å². The van der Waals surface area contributed by atoms with Gasteiger partial charge >= 0.3 is 0 Å². The van der Waals surface area contributed by atoms with E-state index in [4.69, 9.17) is 5.11 Å². The Morgan fingerprint density at radius 1 is 1.35 bits per heavy atom. The van der Waals surface area contributed by atoms with E-state index < -0.39 is 0 Å². The van der Waals surface area contributed by atoms with Gasteiger partial charge in [0.05, 0.1) is 0 Å². The summed E-state index contributed by atoms with van der Waals surface area (Å²) in [4.78, 5) is 2.49. The molecule has 0 aliphatic heterocycles. The number of rotatable bonds is 10. The lowest BCUT2D eigenvalue weighted by Crippen LogP contribution is -2.44. The molecule has 0 rings (SSSR count). The van der Waals surface area contributed by atoms with Crippen molar-refractivity contribution in [2.75, 3.05) is 33.3 Å².